The Kier molecular flexibility index (Phi) is 5.65. The van der Waals surface area contributed by atoms with Gasteiger partial charge in [0.15, 0.2) is 0 Å². The van der Waals surface area contributed by atoms with Gasteiger partial charge in [-0.3, -0.25) is 14.8 Å². The molecule has 1 aliphatic heterocycles. The summed E-state index contributed by atoms with van der Waals surface area (Å²) in [6.07, 6.45) is 8.50. The van der Waals surface area contributed by atoms with E-state index in [1.807, 2.05) is 23.1 Å². The van der Waals surface area contributed by atoms with Gasteiger partial charge in [-0.25, -0.2) is 4.98 Å². The first-order chi connectivity index (χ1) is 14.2. The maximum absolute atomic E-state index is 12.8. The van der Waals surface area contributed by atoms with E-state index in [1.165, 1.54) is 0 Å². The second-order valence-electron chi connectivity index (χ2n) is 6.89. The Morgan fingerprint density at radius 3 is 2.76 bits per heavy atom. The third kappa shape index (κ3) is 4.51. The molecule has 29 heavy (non-hydrogen) atoms. The van der Waals surface area contributed by atoms with Crippen LogP contribution in [0.1, 0.15) is 34.8 Å². The Bertz CT molecular complexity index is 981. The number of likely N-dealkylation sites (tertiary alicyclic amines) is 1. The Morgan fingerprint density at radius 1 is 1.10 bits per heavy atom. The zero-order valence-electron chi connectivity index (χ0n) is 16.2. The molecule has 7 heteroatoms. The summed E-state index contributed by atoms with van der Waals surface area (Å²) in [7, 11) is 1.61. The number of ether oxygens (including phenoxy) is 2. The van der Waals surface area contributed by atoms with Gasteiger partial charge in [0, 0.05) is 49.2 Å². The van der Waals surface area contributed by atoms with Crippen molar-refractivity contribution in [2.75, 3.05) is 20.2 Å². The molecule has 1 amide bonds. The highest BCUT2D eigenvalue weighted by molar-refractivity contribution is 5.94. The first-order valence-corrected chi connectivity index (χ1v) is 9.56. The molecule has 1 saturated heterocycles. The number of carbonyl (C=O) groups is 1. The average molecular weight is 390 g/mol. The largest absolute Gasteiger partial charge is 0.497 e. The van der Waals surface area contributed by atoms with E-state index in [2.05, 4.69) is 15.0 Å². The van der Waals surface area contributed by atoms with E-state index in [1.54, 1.807) is 50.1 Å². The molecular formula is C22H22N4O3. The van der Waals surface area contributed by atoms with Crippen molar-refractivity contribution in [2.45, 2.75) is 18.8 Å². The predicted octanol–water partition coefficient (Wildman–Crippen LogP) is 3.69. The van der Waals surface area contributed by atoms with Gasteiger partial charge in [-0.15, -0.1) is 0 Å². The summed E-state index contributed by atoms with van der Waals surface area (Å²) in [6.45, 7) is 1.35. The van der Waals surface area contributed by atoms with Crippen LogP contribution in [0.15, 0.2) is 61.2 Å². The van der Waals surface area contributed by atoms with Crippen molar-refractivity contribution in [3.05, 3.63) is 72.4 Å². The normalized spacial score (nSPS) is 16.3. The molecule has 0 bridgehead atoms. The number of methoxy groups -OCH3 is 1. The lowest BCUT2D eigenvalue weighted by Gasteiger charge is -2.32. The molecule has 0 N–H and O–H groups in total. The summed E-state index contributed by atoms with van der Waals surface area (Å²) >= 11 is 0. The minimum atomic E-state index is 0.0221. The molecule has 0 saturated carbocycles. The van der Waals surface area contributed by atoms with Crippen molar-refractivity contribution in [3.63, 3.8) is 0 Å². The predicted molar refractivity (Wildman–Crippen MR) is 107 cm³/mol. The second kappa shape index (κ2) is 8.68. The summed E-state index contributed by atoms with van der Waals surface area (Å²) in [5.41, 5.74) is 1.49. The minimum absolute atomic E-state index is 0.0221. The van der Waals surface area contributed by atoms with Crippen LogP contribution < -0.4 is 9.47 Å². The molecular weight excluding hydrogens is 368 g/mol. The third-order valence-electron chi connectivity index (χ3n) is 4.95. The van der Waals surface area contributed by atoms with Gasteiger partial charge in [-0.2, -0.15) is 0 Å². The van der Waals surface area contributed by atoms with Crippen molar-refractivity contribution in [1.82, 2.24) is 19.9 Å². The summed E-state index contributed by atoms with van der Waals surface area (Å²) < 4.78 is 11.1. The number of nitrogens with zero attached hydrogens (tertiary/aromatic N) is 4. The monoisotopic (exact) mass is 390 g/mol. The molecule has 148 valence electrons. The lowest BCUT2D eigenvalue weighted by Crippen LogP contribution is -2.39. The molecule has 4 rings (SSSR count). The number of hydrogen-bond donors (Lipinski definition) is 0. The first kappa shape index (κ1) is 18.9. The van der Waals surface area contributed by atoms with E-state index < -0.39 is 0 Å². The van der Waals surface area contributed by atoms with Gasteiger partial charge in [0.1, 0.15) is 11.5 Å². The van der Waals surface area contributed by atoms with E-state index >= 15 is 0 Å². The van der Waals surface area contributed by atoms with E-state index in [0.717, 1.165) is 25.1 Å². The van der Waals surface area contributed by atoms with Gasteiger partial charge in [-0.05, 0) is 37.1 Å². The Morgan fingerprint density at radius 2 is 1.93 bits per heavy atom. The fourth-order valence-electron chi connectivity index (χ4n) is 3.47. The molecule has 3 heterocycles. The van der Waals surface area contributed by atoms with Crippen LogP contribution in [0.3, 0.4) is 0 Å². The van der Waals surface area contributed by atoms with Crippen LogP contribution in [0, 0.1) is 0 Å². The van der Waals surface area contributed by atoms with Crippen LogP contribution in [-0.2, 0) is 0 Å². The minimum Gasteiger partial charge on any atom is -0.497 e. The van der Waals surface area contributed by atoms with Gasteiger partial charge in [0.05, 0.1) is 19.0 Å². The molecule has 0 spiro atoms. The van der Waals surface area contributed by atoms with E-state index in [4.69, 9.17) is 9.47 Å². The Labute approximate surface area is 169 Å². The van der Waals surface area contributed by atoms with E-state index in [-0.39, 0.29) is 11.8 Å². The SMILES string of the molecule is COc1cccc(Oc2cncc(C3CCCN(C(=O)c4ccncc4)C3)n2)c1. The number of piperidine rings is 1. The van der Waals surface area contributed by atoms with Gasteiger partial charge in [0.2, 0.25) is 5.88 Å². The molecule has 0 radical (unpaired) electrons. The Hall–Kier alpha value is -3.48. The smallest absolute Gasteiger partial charge is 0.253 e. The fraction of sp³-hybridized carbons (Fsp3) is 0.273. The van der Waals surface area contributed by atoms with Gasteiger partial charge in [0.25, 0.3) is 5.91 Å². The van der Waals surface area contributed by atoms with Gasteiger partial charge >= 0.3 is 0 Å². The van der Waals surface area contributed by atoms with Crippen molar-refractivity contribution < 1.29 is 14.3 Å². The standard InChI is InChI=1S/C22H22N4O3/c1-28-18-5-2-6-19(12-18)29-21-14-24-13-20(25-21)17-4-3-11-26(15-17)22(27)16-7-9-23-10-8-16/h2,5-10,12-14,17H,3-4,11,15H2,1H3. The highest BCUT2D eigenvalue weighted by Gasteiger charge is 2.26. The number of amides is 1. The number of aromatic nitrogens is 3. The molecule has 1 fully saturated rings. The van der Waals surface area contributed by atoms with Gasteiger partial charge in [-0.1, -0.05) is 6.07 Å². The average Bonchev–Trinajstić information content (AvgIpc) is 2.79. The van der Waals surface area contributed by atoms with Crippen LogP contribution in [0.2, 0.25) is 0 Å². The summed E-state index contributed by atoms with van der Waals surface area (Å²) in [5, 5.41) is 0. The quantitative estimate of drug-likeness (QED) is 0.661. The first-order valence-electron chi connectivity index (χ1n) is 9.56. The molecule has 2 aromatic heterocycles. The summed E-state index contributed by atoms with van der Waals surface area (Å²) in [5.74, 6) is 1.91. The van der Waals surface area contributed by atoms with E-state index in [9.17, 15) is 4.79 Å². The van der Waals surface area contributed by atoms with E-state index in [0.29, 0.717) is 29.5 Å². The topological polar surface area (TPSA) is 77.4 Å². The number of hydrogen-bond acceptors (Lipinski definition) is 6. The molecule has 3 aromatic rings. The summed E-state index contributed by atoms with van der Waals surface area (Å²) in [6, 6.07) is 10.8. The van der Waals surface area contributed by atoms with Crippen LogP contribution >= 0.6 is 0 Å². The lowest BCUT2D eigenvalue weighted by atomic mass is 9.94. The number of benzene rings is 1. The van der Waals surface area contributed by atoms with Crippen LogP contribution in [0.25, 0.3) is 0 Å². The van der Waals surface area contributed by atoms with Crippen molar-refractivity contribution in [3.8, 4) is 17.4 Å². The lowest BCUT2D eigenvalue weighted by molar-refractivity contribution is 0.0705. The molecule has 1 aromatic carbocycles. The zero-order chi connectivity index (χ0) is 20.1. The van der Waals surface area contributed by atoms with Crippen molar-refractivity contribution in [1.29, 1.82) is 0 Å². The fourth-order valence-corrected chi connectivity index (χ4v) is 3.47. The molecule has 1 unspecified atom stereocenters. The van der Waals surface area contributed by atoms with Crippen LogP contribution in [-0.4, -0.2) is 46.0 Å². The van der Waals surface area contributed by atoms with Crippen molar-refractivity contribution in [2.24, 2.45) is 0 Å². The zero-order valence-corrected chi connectivity index (χ0v) is 16.2. The molecule has 1 atom stereocenters. The van der Waals surface area contributed by atoms with Crippen LogP contribution in [0.5, 0.6) is 17.4 Å². The number of pyridine rings is 1. The highest BCUT2D eigenvalue weighted by Crippen LogP contribution is 2.29. The Balaban J connectivity index is 1.48. The van der Waals surface area contributed by atoms with Crippen LogP contribution in [0.4, 0.5) is 0 Å². The number of carbonyl (C=O) groups excluding carboxylic acids is 1. The maximum Gasteiger partial charge on any atom is 0.253 e. The summed E-state index contributed by atoms with van der Waals surface area (Å²) in [4.78, 5) is 27.6. The molecule has 0 aliphatic carbocycles. The highest BCUT2D eigenvalue weighted by atomic mass is 16.5. The molecule has 1 aliphatic rings. The second-order valence-corrected chi connectivity index (χ2v) is 6.89. The maximum atomic E-state index is 12.8. The number of rotatable bonds is 5. The van der Waals surface area contributed by atoms with Crippen molar-refractivity contribution >= 4 is 5.91 Å². The molecule has 7 nitrogen and oxygen atoms in total. The third-order valence-corrected chi connectivity index (χ3v) is 4.95. The van der Waals surface area contributed by atoms with Gasteiger partial charge < -0.3 is 14.4 Å².